The third-order valence-corrected chi connectivity index (χ3v) is 6.82. The summed E-state index contributed by atoms with van der Waals surface area (Å²) >= 11 is 0. The highest BCUT2D eigenvalue weighted by Crippen LogP contribution is 2.23. The summed E-state index contributed by atoms with van der Waals surface area (Å²) in [5.74, 6) is -0.429. The molecule has 0 saturated heterocycles. The van der Waals surface area contributed by atoms with Crippen molar-refractivity contribution in [3.63, 3.8) is 0 Å². The van der Waals surface area contributed by atoms with Gasteiger partial charge in [-0.15, -0.1) is 0 Å². The molecule has 2 aromatic rings. The molecule has 0 saturated carbocycles. The first-order valence-electron chi connectivity index (χ1n) is 9.10. The Labute approximate surface area is 172 Å². The highest BCUT2D eigenvalue weighted by atomic mass is 32.2. The van der Waals surface area contributed by atoms with Gasteiger partial charge in [0.05, 0.1) is 22.9 Å². The van der Waals surface area contributed by atoms with Crippen LogP contribution in [0.5, 0.6) is 0 Å². The molecular weight excluding hydrogens is 412 g/mol. The Morgan fingerprint density at radius 3 is 1.97 bits per heavy atom. The number of nitrogens with zero attached hydrogens (tertiary/aromatic N) is 1. The first-order valence-corrected chi connectivity index (χ1v) is 12.8. The predicted octanol–water partition coefficient (Wildman–Crippen LogP) is 2.51. The van der Waals surface area contributed by atoms with Gasteiger partial charge in [0.1, 0.15) is 6.04 Å². The Kier molecular flexibility index (Phi) is 7.07. The van der Waals surface area contributed by atoms with E-state index in [0.717, 1.165) is 16.8 Å². The standard InChI is InChI=1S/C20H26N2O5S2/c1-5-19(22(29(4,26)27)17-9-7-6-8-10-17)20(23)21-15(2)16-11-13-18(14-12-16)28(3,24)25/h6-15,19H,5H2,1-4H3,(H,21,23). The van der Waals surface area contributed by atoms with E-state index in [1.54, 1.807) is 56.3 Å². The number of rotatable bonds is 8. The first kappa shape index (κ1) is 22.9. The normalized spacial score (nSPS) is 14.1. The van der Waals surface area contributed by atoms with Gasteiger partial charge in [-0.2, -0.15) is 0 Å². The molecule has 0 radical (unpaired) electrons. The van der Waals surface area contributed by atoms with E-state index < -0.39 is 37.9 Å². The fraction of sp³-hybridized carbons (Fsp3) is 0.350. The highest BCUT2D eigenvalue weighted by molar-refractivity contribution is 7.92. The van der Waals surface area contributed by atoms with Crippen molar-refractivity contribution in [2.45, 2.75) is 37.2 Å². The molecular formula is C20H26N2O5S2. The average molecular weight is 439 g/mol. The van der Waals surface area contributed by atoms with Gasteiger partial charge in [0, 0.05) is 6.26 Å². The highest BCUT2D eigenvalue weighted by Gasteiger charge is 2.32. The maximum absolute atomic E-state index is 12.9. The Morgan fingerprint density at radius 2 is 1.52 bits per heavy atom. The van der Waals surface area contributed by atoms with Crippen molar-refractivity contribution >= 4 is 31.5 Å². The Balaban J connectivity index is 2.26. The van der Waals surface area contributed by atoms with Crippen LogP contribution < -0.4 is 9.62 Å². The van der Waals surface area contributed by atoms with Gasteiger partial charge in [0.2, 0.25) is 15.9 Å². The molecule has 2 rings (SSSR count). The van der Waals surface area contributed by atoms with E-state index in [9.17, 15) is 21.6 Å². The van der Waals surface area contributed by atoms with Gasteiger partial charge in [-0.1, -0.05) is 37.3 Å². The zero-order valence-electron chi connectivity index (χ0n) is 16.9. The minimum absolute atomic E-state index is 0.193. The van der Waals surface area contributed by atoms with Crippen molar-refractivity contribution in [1.82, 2.24) is 5.32 Å². The molecule has 1 amide bonds. The van der Waals surface area contributed by atoms with Gasteiger partial charge in [-0.05, 0) is 43.2 Å². The molecule has 0 aliphatic carbocycles. The smallest absolute Gasteiger partial charge is 0.244 e. The minimum Gasteiger partial charge on any atom is -0.348 e. The van der Waals surface area contributed by atoms with Crippen LogP contribution in [0.15, 0.2) is 59.5 Å². The molecule has 0 heterocycles. The van der Waals surface area contributed by atoms with E-state index in [1.165, 1.54) is 12.1 Å². The zero-order chi connectivity index (χ0) is 21.8. The lowest BCUT2D eigenvalue weighted by molar-refractivity contribution is -0.122. The topological polar surface area (TPSA) is 101 Å². The third-order valence-electron chi connectivity index (χ3n) is 4.51. The van der Waals surface area contributed by atoms with E-state index >= 15 is 0 Å². The van der Waals surface area contributed by atoms with Crippen molar-refractivity contribution < 1.29 is 21.6 Å². The fourth-order valence-electron chi connectivity index (χ4n) is 3.03. The summed E-state index contributed by atoms with van der Waals surface area (Å²) in [6.07, 6.45) is 2.49. The van der Waals surface area contributed by atoms with Crippen LogP contribution in [0.4, 0.5) is 5.69 Å². The Morgan fingerprint density at radius 1 is 0.966 bits per heavy atom. The van der Waals surface area contributed by atoms with Gasteiger partial charge in [0.15, 0.2) is 9.84 Å². The van der Waals surface area contributed by atoms with Crippen LogP contribution in [0.1, 0.15) is 31.9 Å². The summed E-state index contributed by atoms with van der Waals surface area (Å²) in [7, 11) is -7.00. The largest absolute Gasteiger partial charge is 0.348 e. The summed E-state index contributed by atoms with van der Waals surface area (Å²) in [6, 6.07) is 13.4. The van der Waals surface area contributed by atoms with E-state index in [0.29, 0.717) is 11.3 Å². The van der Waals surface area contributed by atoms with Crippen LogP contribution >= 0.6 is 0 Å². The van der Waals surface area contributed by atoms with Crippen LogP contribution in [-0.4, -0.2) is 41.3 Å². The lowest BCUT2D eigenvalue weighted by Gasteiger charge is -2.31. The number of sulfone groups is 1. The van der Waals surface area contributed by atoms with Crippen molar-refractivity contribution in [3.05, 3.63) is 60.2 Å². The molecule has 0 aliphatic rings. The Hall–Kier alpha value is -2.39. The predicted molar refractivity (Wildman–Crippen MR) is 114 cm³/mol. The second-order valence-corrected chi connectivity index (χ2v) is 10.8. The third kappa shape index (κ3) is 5.80. The molecule has 2 atom stereocenters. The molecule has 7 nitrogen and oxygen atoms in total. The maximum Gasteiger partial charge on any atom is 0.244 e. The average Bonchev–Trinajstić information content (AvgIpc) is 2.64. The second kappa shape index (κ2) is 8.96. The minimum atomic E-state index is -3.69. The number of anilines is 1. The molecule has 158 valence electrons. The number of hydrogen-bond acceptors (Lipinski definition) is 5. The van der Waals surface area contributed by atoms with Gasteiger partial charge < -0.3 is 5.32 Å². The number of carbonyl (C=O) groups excluding carboxylic acids is 1. The molecule has 0 fully saturated rings. The van der Waals surface area contributed by atoms with Crippen LogP contribution in [-0.2, 0) is 24.7 Å². The lowest BCUT2D eigenvalue weighted by atomic mass is 10.1. The second-order valence-electron chi connectivity index (χ2n) is 6.89. The molecule has 0 aromatic heterocycles. The van der Waals surface area contributed by atoms with Gasteiger partial charge in [-0.25, -0.2) is 16.8 Å². The molecule has 2 aromatic carbocycles. The van der Waals surface area contributed by atoms with Crippen molar-refractivity contribution in [2.75, 3.05) is 16.8 Å². The summed E-state index contributed by atoms with van der Waals surface area (Å²) in [5.41, 5.74) is 1.13. The molecule has 29 heavy (non-hydrogen) atoms. The van der Waals surface area contributed by atoms with E-state index in [2.05, 4.69) is 5.32 Å². The molecule has 0 bridgehead atoms. The fourth-order valence-corrected chi connectivity index (χ4v) is 4.87. The molecule has 1 N–H and O–H groups in total. The van der Waals surface area contributed by atoms with Crippen molar-refractivity contribution in [3.8, 4) is 0 Å². The number of sulfonamides is 1. The maximum atomic E-state index is 12.9. The Bertz CT molecular complexity index is 1050. The lowest BCUT2D eigenvalue weighted by Crippen LogP contribution is -2.49. The van der Waals surface area contributed by atoms with Gasteiger partial charge in [-0.3, -0.25) is 9.10 Å². The van der Waals surface area contributed by atoms with Crippen LogP contribution in [0.3, 0.4) is 0 Å². The van der Waals surface area contributed by atoms with Gasteiger partial charge in [0.25, 0.3) is 0 Å². The number of carbonyl (C=O) groups is 1. The molecule has 9 heteroatoms. The van der Waals surface area contributed by atoms with E-state index in [1.807, 2.05) is 0 Å². The van der Waals surface area contributed by atoms with Crippen LogP contribution in [0.25, 0.3) is 0 Å². The van der Waals surface area contributed by atoms with Crippen LogP contribution in [0, 0.1) is 0 Å². The van der Waals surface area contributed by atoms with E-state index in [4.69, 9.17) is 0 Å². The quantitative estimate of drug-likeness (QED) is 0.682. The monoisotopic (exact) mass is 438 g/mol. The summed E-state index contributed by atoms with van der Waals surface area (Å²) in [4.78, 5) is 13.1. The first-order chi connectivity index (χ1) is 13.4. The number of benzene rings is 2. The van der Waals surface area contributed by atoms with E-state index in [-0.39, 0.29) is 11.3 Å². The molecule has 0 spiro atoms. The number of hydrogen-bond donors (Lipinski definition) is 1. The summed E-state index contributed by atoms with van der Waals surface area (Å²) in [5, 5.41) is 2.83. The molecule has 0 aliphatic heterocycles. The SMILES string of the molecule is CCC(C(=O)NC(C)c1ccc(S(C)(=O)=O)cc1)N(c1ccccc1)S(C)(=O)=O. The summed E-state index contributed by atoms with van der Waals surface area (Å²) < 4.78 is 49.1. The van der Waals surface area contributed by atoms with Crippen LogP contribution in [0.2, 0.25) is 0 Å². The number of amides is 1. The zero-order valence-corrected chi connectivity index (χ0v) is 18.5. The summed E-state index contributed by atoms with van der Waals surface area (Å²) in [6.45, 7) is 3.50. The van der Waals surface area contributed by atoms with Crippen molar-refractivity contribution in [2.24, 2.45) is 0 Å². The van der Waals surface area contributed by atoms with Crippen molar-refractivity contribution in [1.29, 1.82) is 0 Å². The molecule has 2 unspecified atom stereocenters. The van der Waals surface area contributed by atoms with Gasteiger partial charge >= 0.3 is 0 Å². The number of nitrogens with one attached hydrogen (secondary N) is 1. The number of para-hydroxylation sites is 1.